The maximum atomic E-state index is 11.7. The number of carbonyl (C=O) groups is 1. The summed E-state index contributed by atoms with van der Waals surface area (Å²) in [6.07, 6.45) is 2.47. The molecular weight excluding hydrogens is 260 g/mol. The van der Waals surface area contributed by atoms with Crippen LogP contribution in [0.4, 0.5) is 4.79 Å². The van der Waals surface area contributed by atoms with Crippen molar-refractivity contribution in [2.24, 2.45) is 0 Å². The van der Waals surface area contributed by atoms with Crippen LogP contribution in [0.15, 0.2) is 24.3 Å². The van der Waals surface area contributed by atoms with Gasteiger partial charge in [0, 0.05) is 23.9 Å². The fraction of sp³-hybridized carbons (Fsp3) is 0.500. The van der Waals surface area contributed by atoms with Crippen molar-refractivity contribution >= 4 is 17.8 Å². The molecule has 0 aliphatic carbocycles. The van der Waals surface area contributed by atoms with E-state index in [0.29, 0.717) is 11.8 Å². The number of hydrogen-bond donors (Lipinski definition) is 2. The van der Waals surface area contributed by atoms with Gasteiger partial charge in [-0.15, -0.1) is 0 Å². The van der Waals surface area contributed by atoms with E-state index in [1.54, 1.807) is 7.11 Å². The van der Waals surface area contributed by atoms with Crippen LogP contribution in [-0.2, 0) is 6.54 Å². The second-order valence-electron chi connectivity index (χ2n) is 4.51. The van der Waals surface area contributed by atoms with E-state index in [1.165, 1.54) is 18.6 Å². The molecule has 1 heterocycles. The molecule has 1 saturated heterocycles. The Morgan fingerprint density at radius 2 is 2.26 bits per heavy atom. The molecule has 2 N–H and O–H groups in total. The van der Waals surface area contributed by atoms with E-state index in [9.17, 15) is 4.79 Å². The molecule has 1 aromatic carbocycles. The summed E-state index contributed by atoms with van der Waals surface area (Å²) >= 11 is 1.94. The zero-order chi connectivity index (χ0) is 13.5. The molecule has 0 unspecified atom stereocenters. The average molecular weight is 280 g/mol. The van der Waals surface area contributed by atoms with Gasteiger partial charge in [0.2, 0.25) is 0 Å². The Morgan fingerprint density at radius 1 is 1.42 bits per heavy atom. The summed E-state index contributed by atoms with van der Waals surface area (Å²) in [5, 5.41) is 6.36. The molecule has 0 saturated carbocycles. The Labute approximate surface area is 118 Å². The third kappa shape index (κ3) is 4.35. The number of methoxy groups -OCH3 is 1. The lowest BCUT2D eigenvalue weighted by Gasteiger charge is -2.12. The van der Waals surface area contributed by atoms with Gasteiger partial charge < -0.3 is 15.4 Å². The van der Waals surface area contributed by atoms with Crippen molar-refractivity contribution < 1.29 is 9.53 Å². The van der Waals surface area contributed by atoms with Crippen molar-refractivity contribution in [3.63, 3.8) is 0 Å². The van der Waals surface area contributed by atoms with Gasteiger partial charge in [-0.1, -0.05) is 18.2 Å². The number of rotatable bonds is 5. The maximum Gasteiger partial charge on any atom is 0.315 e. The van der Waals surface area contributed by atoms with Crippen LogP contribution >= 0.6 is 11.8 Å². The lowest BCUT2D eigenvalue weighted by molar-refractivity contribution is 0.240. The van der Waals surface area contributed by atoms with Gasteiger partial charge >= 0.3 is 6.03 Å². The Bertz CT molecular complexity index is 420. The van der Waals surface area contributed by atoms with E-state index >= 15 is 0 Å². The number of nitrogens with one attached hydrogen (secondary N) is 2. The lowest BCUT2D eigenvalue weighted by Crippen LogP contribution is -2.38. The first kappa shape index (κ1) is 14.1. The smallest absolute Gasteiger partial charge is 0.315 e. The second-order valence-corrected chi connectivity index (χ2v) is 5.92. The fourth-order valence-electron chi connectivity index (χ4n) is 2.10. The molecule has 2 amide bonds. The molecular formula is C14H20N2O2S. The number of para-hydroxylation sites is 1. The highest BCUT2D eigenvalue weighted by molar-refractivity contribution is 8.00. The van der Waals surface area contributed by atoms with Gasteiger partial charge in [-0.25, -0.2) is 4.79 Å². The number of urea groups is 1. The van der Waals surface area contributed by atoms with Gasteiger partial charge in [0.15, 0.2) is 0 Å². The van der Waals surface area contributed by atoms with Crippen molar-refractivity contribution in [1.82, 2.24) is 10.6 Å². The number of benzene rings is 1. The quantitative estimate of drug-likeness (QED) is 0.870. The number of hydrogen-bond acceptors (Lipinski definition) is 3. The van der Waals surface area contributed by atoms with E-state index in [2.05, 4.69) is 10.6 Å². The summed E-state index contributed by atoms with van der Waals surface area (Å²) in [7, 11) is 1.64. The van der Waals surface area contributed by atoms with E-state index < -0.39 is 0 Å². The van der Waals surface area contributed by atoms with Gasteiger partial charge in [0.25, 0.3) is 0 Å². The third-order valence-electron chi connectivity index (χ3n) is 3.15. The van der Waals surface area contributed by atoms with Gasteiger partial charge in [0.05, 0.1) is 7.11 Å². The molecule has 0 radical (unpaired) electrons. The molecule has 1 aliphatic rings. The third-order valence-corrected chi connectivity index (χ3v) is 4.54. The molecule has 1 aliphatic heterocycles. The van der Waals surface area contributed by atoms with Crippen molar-refractivity contribution in [1.29, 1.82) is 0 Å². The molecule has 0 aromatic heterocycles. The van der Waals surface area contributed by atoms with Gasteiger partial charge in [-0.3, -0.25) is 0 Å². The minimum Gasteiger partial charge on any atom is -0.496 e. The van der Waals surface area contributed by atoms with Crippen LogP contribution in [0.5, 0.6) is 5.75 Å². The number of ether oxygens (including phenoxy) is 1. The molecule has 4 nitrogen and oxygen atoms in total. The van der Waals surface area contributed by atoms with Crippen LogP contribution in [0.1, 0.15) is 18.4 Å². The molecule has 0 spiro atoms. The topological polar surface area (TPSA) is 50.4 Å². The summed E-state index contributed by atoms with van der Waals surface area (Å²) in [6, 6.07) is 7.58. The average Bonchev–Trinajstić information content (AvgIpc) is 2.96. The Hall–Kier alpha value is -1.36. The molecule has 1 atom stereocenters. The first-order chi connectivity index (χ1) is 9.29. The highest BCUT2D eigenvalue weighted by Crippen LogP contribution is 2.25. The zero-order valence-corrected chi connectivity index (χ0v) is 12.0. The highest BCUT2D eigenvalue weighted by Gasteiger charge is 2.16. The van der Waals surface area contributed by atoms with Crippen LogP contribution in [0.2, 0.25) is 0 Å². The molecule has 19 heavy (non-hydrogen) atoms. The summed E-state index contributed by atoms with van der Waals surface area (Å²) in [6.45, 7) is 1.23. The summed E-state index contributed by atoms with van der Waals surface area (Å²) in [5.74, 6) is 2.02. The standard InChI is InChI=1S/C14H20N2O2S/c1-18-13-7-3-2-5-11(13)9-15-14(17)16-10-12-6-4-8-19-12/h2-3,5,7,12H,4,6,8-10H2,1H3,(H2,15,16,17)/t12-/m1/s1. The van der Waals surface area contributed by atoms with Gasteiger partial charge in [-0.05, 0) is 24.7 Å². The summed E-state index contributed by atoms with van der Waals surface area (Å²) in [5.41, 5.74) is 0.982. The number of carbonyl (C=O) groups excluding carboxylic acids is 1. The molecule has 0 bridgehead atoms. The van der Waals surface area contributed by atoms with E-state index in [1.807, 2.05) is 36.0 Å². The van der Waals surface area contributed by atoms with E-state index in [4.69, 9.17) is 4.74 Å². The van der Waals surface area contributed by atoms with Crippen LogP contribution in [-0.4, -0.2) is 30.7 Å². The van der Waals surface area contributed by atoms with Crippen LogP contribution in [0.25, 0.3) is 0 Å². The molecule has 5 heteroatoms. The SMILES string of the molecule is COc1ccccc1CNC(=O)NC[C@H]1CCCS1. The maximum absolute atomic E-state index is 11.7. The van der Waals surface area contributed by atoms with Crippen molar-refractivity contribution in [3.8, 4) is 5.75 Å². The Kier molecular flexibility index (Phi) is 5.39. The Balaban J connectivity index is 1.73. The first-order valence-electron chi connectivity index (χ1n) is 6.55. The number of thioether (sulfide) groups is 1. The highest BCUT2D eigenvalue weighted by atomic mass is 32.2. The predicted molar refractivity (Wildman–Crippen MR) is 78.7 cm³/mol. The lowest BCUT2D eigenvalue weighted by atomic mass is 10.2. The minimum atomic E-state index is -0.113. The predicted octanol–water partition coefficient (Wildman–Crippen LogP) is 2.39. The van der Waals surface area contributed by atoms with Crippen molar-refractivity contribution in [2.45, 2.75) is 24.6 Å². The summed E-state index contributed by atoms with van der Waals surface area (Å²) < 4.78 is 5.24. The fourth-order valence-corrected chi connectivity index (χ4v) is 3.30. The van der Waals surface area contributed by atoms with Gasteiger partial charge in [-0.2, -0.15) is 11.8 Å². The second kappa shape index (κ2) is 7.28. The monoisotopic (exact) mass is 280 g/mol. The van der Waals surface area contributed by atoms with Crippen LogP contribution in [0, 0.1) is 0 Å². The largest absolute Gasteiger partial charge is 0.496 e. The van der Waals surface area contributed by atoms with E-state index in [-0.39, 0.29) is 6.03 Å². The molecule has 2 rings (SSSR count). The van der Waals surface area contributed by atoms with Crippen molar-refractivity contribution in [3.05, 3.63) is 29.8 Å². The zero-order valence-electron chi connectivity index (χ0n) is 11.1. The molecule has 1 fully saturated rings. The normalized spacial score (nSPS) is 18.1. The van der Waals surface area contributed by atoms with Gasteiger partial charge in [0.1, 0.15) is 5.75 Å². The summed E-state index contributed by atoms with van der Waals surface area (Å²) in [4.78, 5) is 11.7. The number of amides is 2. The van der Waals surface area contributed by atoms with E-state index in [0.717, 1.165) is 17.9 Å². The first-order valence-corrected chi connectivity index (χ1v) is 7.59. The molecule has 104 valence electrons. The van der Waals surface area contributed by atoms with Crippen molar-refractivity contribution in [2.75, 3.05) is 19.4 Å². The van der Waals surface area contributed by atoms with Crippen LogP contribution < -0.4 is 15.4 Å². The van der Waals surface area contributed by atoms with Crippen LogP contribution in [0.3, 0.4) is 0 Å². The molecule has 1 aromatic rings. The minimum absolute atomic E-state index is 0.113. The Morgan fingerprint density at radius 3 is 3.00 bits per heavy atom.